The third-order valence-electron chi connectivity index (χ3n) is 2.43. The van der Waals surface area contributed by atoms with Crippen LogP contribution in [-0.2, 0) is 0 Å². The van der Waals surface area contributed by atoms with Gasteiger partial charge in [-0.3, -0.25) is 5.43 Å². The lowest BCUT2D eigenvalue weighted by Gasteiger charge is -2.04. The van der Waals surface area contributed by atoms with Crippen LogP contribution in [0.4, 0.5) is 5.69 Å². The molecule has 0 radical (unpaired) electrons. The van der Waals surface area contributed by atoms with E-state index in [1.54, 1.807) is 24.4 Å². The van der Waals surface area contributed by atoms with Gasteiger partial charge in [0.05, 0.1) is 21.9 Å². The van der Waals surface area contributed by atoms with Gasteiger partial charge in [-0.1, -0.05) is 59.1 Å². The molecule has 92 valence electrons. The average Bonchev–Trinajstić information content (AvgIpc) is 2.35. The molecule has 18 heavy (non-hydrogen) atoms. The van der Waals surface area contributed by atoms with E-state index in [-0.39, 0.29) is 0 Å². The molecule has 0 heterocycles. The van der Waals surface area contributed by atoms with Gasteiger partial charge in [0.2, 0.25) is 0 Å². The summed E-state index contributed by atoms with van der Waals surface area (Å²) in [4.78, 5) is 0. The van der Waals surface area contributed by atoms with Crippen LogP contribution in [0.2, 0.25) is 10.0 Å². The first kappa shape index (κ1) is 12.9. The molecule has 0 spiro atoms. The van der Waals surface area contributed by atoms with Crippen LogP contribution in [-0.4, -0.2) is 6.21 Å². The number of halogens is 2. The molecule has 0 aliphatic heterocycles. The van der Waals surface area contributed by atoms with Gasteiger partial charge in [-0.2, -0.15) is 5.10 Å². The van der Waals surface area contributed by atoms with Crippen molar-refractivity contribution in [3.05, 3.63) is 63.6 Å². The van der Waals surface area contributed by atoms with Crippen LogP contribution in [0.5, 0.6) is 0 Å². The minimum Gasteiger partial charge on any atom is -0.275 e. The summed E-state index contributed by atoms with van der Waals surface area (Å²) in [5.41, 5.74) is 5.69. The Kier molecular flexibility index (Phi) is 4.24. The first-order valence-electron chi connectivity index (χ1n) is 5.46. The van der Waals surface area contributed by atoms with Crippen molar-refractivity contribution in [1.29, 1.82) is 0 Å². The van der Waals surface area contributed by atoms with Crippen LogP contribution >= 0.6 is 23.2 Å². The number of nitrogens with zero attached hydrogens (tertiary/aromatic N) is 1. The van der Waals surface area contributed by atoms with E-state index in [9.17, 15) is 0 Å². The second kappa shape index (κ2) is 5.89. The Morgan fingerprint density at radius 2 is 1.61 bits per heavy atom. The van der Waals surface area contributed by atoms with Crippen molar-refractivity contribution in [2.45, 2.75) is 6.92 Å². The smallest absolute Gasteiger partial charge is 0.0934 e. The highest BCUT2D eigenvalue weighted by atomic mass is 35.5. The molecule has 0 fully saturated rings. The average molecular weight is 279 g/mol. The monoisotopic (exact) mass is 278 g/mol. The zero-order valence-electron chi connectivity index (χ0n) is 9.82. The Morgan fingerprint density at radius 3 is 2.22 bits per heavy atom. The third kappa shape index (κ3) is 3.25. The van der Waals surface area contributed by atoms with Crippen molar-refractivity contribution < 1.29 is 0 Å². The molecular formula is C14H12Cl2N2. The lowest BCUT2D eigenvalue weighted by atomic mass is 10.2. The van der Waals surface area contributed by atoms with Gasteiger partial charge < -0.3 is 0 Å². The van der Waals surface area contributed by atoms with E-state index in [1.165, 1.54) is 5.56 Å². The SMILES string of the molecule is Cc1ccc(/C=N\Nc2c(Cl)cccc2Cl)cc1. The summed E-state index contributed by atoms with van der Waals surface area (Å²) in [5.74, 6) is 0. The highest BCUT2D eigenvalue weighted by Gasteiger charge is 2.02. The Labute approximate surface area is 116 Å². The largest absolute Gasteiger partial charge is 0.275 e. The molecule has 0 aliphatic carbocycles. The molecule has 0 bridgehead atoms. The quantitative estimate of drug-likeness (QED) is 0.636. The molecular weight excluding hydrogens is 267 g/mol. The van der Waals surface area contributed by atoms with E-state index in [4.69, 9.17) is 23.2 Å². The molecule has 2 nitrogen and oxygen atoms in total. The zero-order chi connectivity index (χ0) is 13.0. The fraction of sp³-hybridized carbons (Fsp3) is 0.0714. The molecule has 2 aromatic carbocycles. The Hall–Kier alpha value is -1.51. The summed E-state index contributed by atoms with van der Waals surface area (Å²) < 4.78 is 0. The maximum Gasteiger partial charge on any atom is 0.0934 e. The number of benzene rings is 2. The summed E-state index contributed by atoms with van der Waals surface area (Å²) in [7, 11) is 0. The summed E-state index contributed by atoms with van der Waals surface area (Å²) in [6, 6.07) is 13.4. The molecule has 0 atom stereocenters. The Morgan fingerprint density at radius 1 is 1.00 bits per heavy atom. The van der Waals surface area contributed by atoms with Crippen LogP contribution in [0, 0.1) is 6.92 Å². The summed E-state index contributed by atoms with van der Waals surface area (Å²) in [5, 5.41) is 5.21. The van der Waals surface area contributed by atoms with Gasteiger partial charge in [-0.15, -0.1) is 0 Å². The van der Waals surface area contributed by atoms with Crippen molar-refractivity contribution >= 4 is 35.1 Å². The third-order valence-corrected chi connectivity index (χ3v) is 3.06. The molecule has 2 rings (SSSR count). The molecule has 0 aromatic heterocycles. The van der Waals surface area contributed by atoms with E-state index >= 15 is 0 Å². The van der Waals surface area contributed by atoms with E-state index < -0.39 is 0 Å². The van der Waals surface area contributed by atoms with Crippen molar-refractivity contribution in [2.24, 2.45) is 5.10 Å². The van der Waals surface area contributed by atoms with Crippen LogP contribution in [0.25, 0.3) is 0 Å². The standard InChI is InChI=1S/C14H12Cl2N2/c1-10-5-7-11(8-6-10)9-17-18-14-12(15)3-2-4-13(14)16/h2-9,18H,1H3/b17-9-. The number of anilines is 1. The van der Waals surface area contributed by atoms with Crippen molar-refractivity contribution in [1.82, 2.24) is 0 Å². The first-order valence-corrected chi connectivity index (χ1v) is 6.22. The topological polar surface area (TPSA) is 24.4 Å². The first-order chi connectivity index (χ1) is 8.66. The summed E-state index contributed by atoms with van der Waals surface area (Å²) in [6.45, 7) is 2.04. The van der Waals surface area contributed by atoms with Gasteiger partial charge in [0, 0.05) is 0 Å². The molecule has 0 amide bonds. The maximum atomic E-state index is 6.01. The minimum atomic E-state index is 0.545. The van der Waals surface area contributed by atoms with Gasteiger partial charge in [-0.05, 0) is 24.6 Å². The number of rotatable bonds is 3. The fourth-order valence-electron chi connectivity index (χ4n) is 1.43. The fourth-order valence-corrected chi connectivity index (χ4v) is 1.91. The lowest BCUT2D eigenvalue weighted by molar-refractivity contribution is 1.35. The predicted octanol–water partition coefficient (Wildman–Crippen LogP) is 4.75. The summed E-state index contributed by atoms with van der Waals surface area (Å²) in [6.07, 6.45) is 1.72. The number of nitrogens with one attached hydrogen (secondary N) is 1. The van der Waals surface area contributed by atoms with Crippen molar-refractivity contribution in [3.8, 4) is 0 Å². The van der Waals surface area contributed by atoms with Crippen molar-refractivity contribution in [2.75, 3.05) is 5.43 Å². The van der Waals surface area contributed by atoms with E-state index in [1.807, 2.05) is 31.2 Å². The summed E-state index contributed by atoms with van der Waals surface area (Å²) >= 11 is 12.0. The number of hydrogen-bond donors (Lipinski definition) is 1. The maximum absolute atomic E-state index is 6.01. The predicted molar refractivity (Wildman–Crippen MR) is 78.9 cm³/mol. The number of aryl methyl sites for hydroxylation is 1. The highest BCUT2D eigenvalue weighted by molar-refractivity contribution is 6.39. The molecule has 0 saturated heterocycles. The highest BCUT2D eigenvalue weighted by Crippen LogP contribution is 2.29. The van der Waals surface area contributed by atoms with Crippen LogP contribution < -0.4 is 5.43 Å². The number of hydrogen-bond acceptors (Lipinski definition) is 2. The molecule has 0 saturated carbocycles. The molecule has 4 heteroatoms. The van der Waals surface area contributed by atoms with Gasteiger partial charge >= 0.3 is 0 Å². The normalized spacial score (nSPS) is 10.8. The van der Waals surface area contributed by atoms with Gasteiger partial charge in [0.15, 0.2) is 0 Å². The van der Waals surface area contributed by atoms with Gasteiger partial charge in [0.25, 0.3) is 0 Å². The molecule has 0 unspecified atom stereocenters. The van der Waals surface area contributed by atoms with Gasteiger partial charge in [-0.25, -0.2) is 0 Å². The van der Waals surface area contributed by atoms with E-state index in [0.717, 1.165) is 5.56 Å². The zero-order valence-corrected chi connectivity index (χ0v) is 11.3. The lowest BCUT2D eigenvalue weighted by Crippen LogP contribution is -1.92. The molecule has 1 N–H and O–H groups in total. The molecule has 0 aliphatic rings. The second-order valence-corrected chi connectivity index (χ2v) is 4.69. The van der Waals surface area contributed by atoms with Crippen LogP contribution in [0.1, 0.15) is 11.1 Å². The molecule has 2 aromatic rings. The van der Waals surface area contributed by atoms with E-state index in [2.05, 4.69) is 10.5 Å². The van der Waals surface area contributed by atoms with Gasteiger partial charge in [0.1, 0.15) is 0 Å². The second-order valence-electron chi connectivity index (χ2n) is 3.88. The Bertz CT molecular complexity index is 542. The Balaban J connectivity index is 2.09. The van der Waals surface area contributed by atoms with Crippen molar-refractivity contribution in [3.63, 3.8) is 0 Å². The van der Waals surface area contributed by atoms with Crippen LogP contribution in [0.3, 0.4) is 0 Å². The number of para-hydroxylation sites is 1. The van der Waals surface area contributed by atoms with E-state index in [0.29, 0.717) is 15.7 Å². The number of hydrazone groups is 1. The van der Waals surface area contributed by atoms with Crippen LogP contribution in [0.15, 0.2) is 47.6 Å². The minimum absolute atomic E-state index is 0.545.